The molecule has 1 rings (SSSR count). The van der Waals surface area contributed by atoms with Gasteiger partial charge in [0.1, 0.15) is 12.4 Å². The van der Waals surface area contributed by atoms with Gasteiger partial charge in [-0.25, -0.2) is 0 Å². The van der Waals surface area contributed by atoms with Crippen LogP contribution in [0.4, 0.5) is 13.2 Å². The van der Waals surface area contributed by atoms with E-state index in [2.05, 4.69) is 0 Å². The minimum absolute atomic E-state index is 0.254. The SMILES string of the molecule is CC(C)(C)CC(COc1ccccc1C(F)(F)F)C(=O)O. The minimum atomic E-state index is -4.53. The number of benzene rings is 1. The van der Waals surface area contributed by atoms with E-state index in [4.69, 9.17) is 9.84 Å². The summed E-state index contributed by atoms with van der Waals surface area (Å²) in [5.41, 5.74) is -1.15. The normalized spacial score (nSPS) is 13.8. The molecule has 0 aliphatic carbocycles. The van der Waals surface area contributed by atoms with Gasteiger partial charge in [0.2, 0.25) is 0 Å². The third-order valence-corrected chi connectivity index (χ3v) is 2.84. The summed E-state index contributed by atoms with van der Waals surface area (Å²) >= 11 is 0. The van der Waals surface area contributed by atoms with Gasteiger partial charge in [-0.3, -0.25) is 4.79 Å². The van der Waals surface area contributed by atoms with Gasteiger partial charge in [0, 0.05) is 0 Å². The maximum Gasteiger partial charge on any atom is 0.419 e. The van der Waals surface area contributed by atoms with Gasteiger partial charge >= 0.3 is 12.1 Å². The molecule has 0 bridgehead atoms. The second-order valence-electron chi connectivity index (χ2n) is 6.10. The number of hydrogen-bond acceptors (Lipinski definition) is 2. The fourth-order valence-electron chi connectivity index (χ4n) is 1.97. The van der Waals surface area contributed by atoms with E-state index in [1.807, 2.05) is 20.8 Å². The molecule has 1 unspecified atom stereocenters. The molecule has 0 saturated carbocycles. The molecule has 1 atom stereocenters. The zero-order valence-corrected chi connectivity index (χ0v) is 12.2. The van der Waals surface area contributed by atoms with Gasteiger partial charge in [0.25, 0.3) is 0 Å². The Kier molecular flexibility index (Phi) is 5.25. The highest BCUT2D eigenvalue weighted by Gasteiger charge is 2.34. The molecule has 0 heterocycles. The molecule has 0 saturated heterocycles. The van der Waals surface area contributed by atoms with Crippen molar-refractivity contribution in [3.63, 3.8) is 0 Å². The van der Waals surface area contributed by atoms with Gasteiger partial charge in [0.15, 0.2) is 0 Å². The summed E-state index contributed by atoms with van der Waals surface area (Å²) < 4.78 is 43.6. The molecule has 1 aromatic rings. The number of carbonyl (C=O) groups is 1. The Balaban J connectivity index is 2.84. The Bertz CT molecular complexity index is 490. The molecule has 0 amide bonds. The van der Waals surface area contributed by atoms with Crippen molar-refractivity contribution in [1.82, 2.24) is 0 Å². The van der Waals surface area contributed by atoms with E-state index < -0.39 is 23.6 Å². The van der Waals surface area contributed by atoms with Crippen molar-refractivity contribution in [3.05, 3.63) is 29.8 Å². The molecule has 0 radical (unpaired) electrons. The molecule has 0 fully saturated rings. The molecule has 0 aromatic heterocycles. The highest BCUT2D eigenvalue weighted by molar-refractivity contribution is 5.70. The van der Waals surface area contributed by atoms with Gasteiger partial charge in [-0.15, -0.1) is 0 Å². The Hall–Kier alpha value is -1.72. The highest BCUT2D eigenvalue weighted by atomic mass is 19.4. The van der Waals surface area contributed by atoms with Crippen molar-refractivity contribution in [2.45, 2.75) is 33.4 Å². The number of aliphatic carboxylic acids is 1. The summed E-state index contributed by atoms with van der Waals surface area (Å²) in [6.45, 7) is 5.31. The third-order valence-electron chi connectivity index (χ3n) is 2.84. The summed E-state index contributed by atoms with van der Waals surface area (Å²) in [6, 6.07) is 4.79. The second kappa shape index (κ2) is 6.37. The predicted octanol–water partition coefficient (Wildman–Crippen LogP) is 4.22. The van der Waals surface area contributed by atoms with Crippen molar-refractivity contribution >= 4 is 5.97 Å². The first-order valence-corrected chi connectivity index (χ1v) is 6.52. The number of para-hydroxylation sites is 1. The lowest BCUT2D eigenvalue weighted by Gasteiger charge is -2.24. The molecule has 3 nitrogen and oxygen atoms in total. The molecule has 1 N–H and O–H groups in total. The lowest BCUT2D eigenvalue weighted by atomic mass is 9.85. The summed E-state index contributed by atoms with van der Waals surface area (Å²) in [6.07, 6.45) is -4.21. The monoisotopic (exact) mass is 304 g/mol. The Labute approximate surface area is 121 Å². The van der Waals surface area contributed by atoms with Crippen molar-refractivity contribution in [1.29, 1.82) is 0 Å². The number of halogens is 3. The van der Waals surface area contributed by atoms with E-state index in [0.717, 1.165) is 6.07 Å². The van der Waals surface area contributed by atoms with Crippen LogP contribution in [0.3, 0.4) is 0 Å². The number of alkyl halides is 3. The zero-order chi connectivity index (χ0) is 16.3. The molecule has 118 valence electrons. The minimum Gasteiger partial charge on any atom is -0.492 e. The first-order valence-electron chi connectivity index (χ1n) is 6.52. The van der Waals surface area contributed by atoms with Gasteiger partial charge in [-0.05, 0) is 24.0 Å². The van der Waals surface area contributed by atoms with E-state index in [9.17, 15) is 18.0 Å². The van der Waals surface area contributed by atoms with Crippen LogP contribution in [-0.4, -0.2) is 17.7 Å². The molecule has 0 aliphatic rings. The first kappa shape index (κ1) is 17.3. The van der Waals surface area contributed by atoms with Crippen LogP contribution < -0.4 is 4.74 Å². The Morgan fingerprint density at radius 3 is 2.29 bits per heavy atom. The fourth-order valence-corrected chi connectivity index (χ4v) is 1.97. The third kappa shape index (κ3) is 5.65. The van der Waals surface area contributed by atoms with Gasteiger partial charge in [-0.1, -0.05) is 32.9 Å². The van der Waals surface area contributed by atoms with Crippen molar-refractivity contribution in [3.8, 4) is 5.75 Å². The van der Waals surface area contributed by atoms with Crippen molar-refractivity contribution < 1.29 is 27.8 Å². The molecular weight excluding hydrogens is 285 g/mol. The molecular formula is C15H19F3O3. The van der Waals surface area contributed by atoms with E-state index >= 15 is 0 Å². The van der Waals surface area contributed by atoms with E-state index in [1.54, 1.807) is 0 Å². The summed E-state index contributed by atoms with van der Waals surface area (Å²) in [4.78, 5) is 11.2. The molecule has 6 heteroatoms. The van der Waals surface area contributed by atoms with Crippen LogP contribution in [0, 0.1) is 11.3 Å². The van der Waals surface area contributed by atoms with Crippen LogP contribution in [0.15, 0.2) is 24.3 Å². The Morgan fingerprint density at radius 1 is 1.24 bits per heavy atom. The van der Waals surface area contributed by atoms with Gasteiger partial charge < -0.3 is 9.84 Å². The molecule has 1 aromatic carbocycles. The lowest BCUT2D eigenvalue weighted by Crippen LogP contribution is -2.27. The number of hydrogen-bond donors (Lipinski definition) is 1. The highest BCUT2D eigenvalue weighted by Crippen LogP contribution is 2.36. The van der Waals surface area contributed by atoms with E-state index in [1.165, 1.54) is 18.2 Å². The maximum atomic E-state index is 12.8. The largest absolute Gasteiger partial charge is 0.492 e. The number of carboxylic acid groups (broad SMARTS) is 1. The van der Waals surface area contributed by atoms with Crippen LogP contribution in [-0.2, 0) is 11.0 Å². The fraction of sp³-hybridized carbons (Fsp3) is 0.533. The summed E-state index contributed by atoms with van der Waals surface area (Å²) in [7, 11) is 0. The molecule has 0 aliphatic heterocycles. The predicted molar refractivity (Wildman–Crippen MR) is 72.1 cm³/mol. The van der Waals surface area contributed by atoms with Gasteiger partial charge in [-0.2, -0.15) is 13.2 Å². The van der Waals surface area contributed by atoms with Crippen LogP contribution in [0.5, 0.6) is 5.75 Å². The maximum absolute atomic E-state index is 12.8. The second-order valence-corrected chi connectivity index (χ2v) is 6.10. The molecule has 0 spiro atoms. The van der Waals surface area contributed by atoms with E-state index in [0.29, 0.717) is 6.42 Å². The lowest BCUT2D eigenvalue weighted by molar-refractivity contribution is -0.144. The quantitative estimate of drug-likeness (QED) is 0.886. The van der Waals surface area contributed by atoms with Crippen molar-refractivity contribution in [2.75, 3.05) is 6.61 Å². The van der Waals surface area contributed by atoms with Crippen molar-refractivity contribution in [2.24, 2.45) is 11.3 Å². The smallest absolute Gasteiger partial charge is 0.419 e. The summed E-state index contributed by atoms with van der Waals surface area (Å²) in [5.74, 6) is -2.27. The van der Waals surface area contributed by atoms with Crippen LogP contribution in [0.25, 0.3) is 0 Å². The number of ether oxygens (including phenoxy) is 1. The average molecular weight is 304 g/mol. The number of rotatable bonds is 5. The van der Waals surface area contributed by atoms with Crippen LogP contribution >= 0.6 is 0 Å². The standard InChI is InChI=1S/C15H19F3O3/c1-14(2,3)8-10(13(19)20)9-21-12-7-5-4-6-11(12)15(16,17)18/h4-7,10H,8-9H2,1-3H3,(H,19,20). The van der Waals surface area contributed by atoms with Crippen LogP contribution in [0.1, 0.15) is 32.8 Å². The average Bonchev–Trinajstić information content (AvgIpc) is 2.32. The Morgan fingerprint density at radius 2 is 1.81 bits per heavy atom. The first-order chi connectivity index (χ1) is 9.50. The van der Waals surface area contributed by atoms with Crippen LogP contribution in [0.2, 0.25) is 0 Å². The topological polar surface area (TPSA) is 46.5 Å². The zero-order valence-electron chi connectivity index (χ0n) is 12.2. The van der Waals surface area contributed by atoms with E-state index in [-0.39, 0.29) is 17.8 Å². The molecule has 21 heavy (non-hydrogen) atoms. The van der Waals surface area contributed by atoms with Gasteiger partial charge in [0.05, 0.1) is 11.5 Å². The number of carboxylic acids is 1. The summed E-state index contributed by atoms with van der Waals surface area (Å²) in [5, 5.41) is 9.14.